The Morgan fingerprint density at radius 1 is 1.14 bits per heavy atom. The van der Waals surface area contributed by atoms with E-state index in [2.05, 4.69) is 10.0 Å². The summed E-state index contributed by atoms with van der Waals surface area (Å²) in [7, 11) is -1.91. The first-order chi connectivity index (χ1) is 12.9. The Labute approximate surface area is 170 Å². The first-order valence-electron chi connectivity index (χ1n) is 8.71. The predicted molar refractivity (Wildman–Crippen MR) is 109 cm³/mol. The summed E-state index contributed by atoms with van der Waals surface area (Å²) in [6.07, 6.45) is 0.974. The maximum absolute atomic E-state index is 13.0. The monoisotopic (exact) mass is 427 g/mol. The Hall–Kier alpha value is -2.16. The van der Waals surface area contributed by atoms with E-state index >= 15 is 0 Å². The minimum absolute atomic E-state index is 0. The number of hydrogen-bond donors (Lipinski definition) is 2. The number of rotatable bonds is 6. The van der Waals surface area contributed by atoms with Gasteiger partial charge in [0.2, 0.25) is 0 Å². The van der Waals surface area contributed by atoms with Crippen molar-refractivity contribution in [3.63, 3.8) is 0 Å². The van der Waals surface area contributed by atoms with Gasteiger partial charge in [-0.15, -0.1) is 12.4 Å². The van der Waals surface area contributed by atoms with Crippen LogP contribution in [0.3, 0.4) is 0 Å². The molecule has 2 aromatic carbocycles. The number of nitrogens with zero attached hydrogens (tertiary/aromatic N) is 1. The topological polar surface area (TPSA) is 78.5 Å². The van der Waals surface area contributed by atoms with Crippen LogP contribution < -0.4 is 10.0 Å². The minimum atomic E-state index is -3.81. The largest absolute Gasteiger partial charge is 0.338 e. The molecule has 0 aromatic heterocycles. The van der Waals surface area contributed by atoms with Gasteiger partial charge in [0.1, 0.15) is 5.82 Å². The lowest BCUT2D eigenvalue weighted by Crippen LogP contribution is -2.30. The quantitative estimate of drug-likeness (QED) is 0.743. The van der Waals surface area contributed by atoms with Gasteiger partial charge in [0.25, 0.3) is 15.9 Å². The molecule has 2 N–H and O–H groups in total. The third-order valence-electron chi connectivity index (χ3n) is 4.57. The summed E-state index contributed by atoms with van der Waals surface area (Å²) in [5, 5.41) is 3.13. The fourth-order valence-electron chi connectivity index (χ4n) is 3.16. The number of halogens is 2. The molecule has 0 bridgehead atoms. The third-order valence-corrected chi connectivity index (χ3v) is 5.97. The second kappa shape index (κ2) is 9.36. The highest BCUT2D eigenvalue weighted by Gasteiger charge is 2.26. The molecule has 0 saturated carbocycles. The zero-order valence-corrected chi connectivity index (χ0v) is 17.0. The van der Waals surface area contributed by atoms with Crippen LogP contribution in [0.1, 0.15) is 16.8 Å². The van der Waals surface area contributed by atoms with E-state index < -0.39 is 15.8 Å². The lowest BCUT2D eigenvalue weighted by atomic mass is 10.1. The predicted octanol–water partition coefficient (Wildman–Crippen LogP) is 2.73. The van der Waals surface area contributed by atoms with Gasteiger partial charge in [-0.1, -0.05) is 0 Å². The molecule has 1 fully saturated rings. The average Bonchev–Trinajstić information content (AvgIpc) is 3.11. The Morgan fingerprint density at radius 2 is 1.79 bits per heavy atom. The Kier molecular flexibility index (Phi) is 7.40. The first kappa shape index (κ1) is 22.1. The first-order valence-corrected chi connectivity index (χ1v) is 10.2. The van der Waals surface area contributed by atoms with E-state index in [0.717, 1.165) is 38.2 Å². The number of carbonyl (C=O) groups is 1. The molecule has 0 aliphatic carbocycles. The molecule has 152 valence electrons. The Bertz CT molecular complexity index is 905. The maximum Gasteiger partial charge on any atom is 0.261 e. The van der Waals surface area contributed by atoms with Crippen LogP contribution in [0.5, 0.6) is 0 Å². The van der Waals surface area contributed by atoms with Gasteiger partial charge in [-0.25, -0.2) is 12.8 Å². The molecule has 0 spiro atoms. The summed E-state index contributed by atoms with van der Waals surface area (Å²) < 4.78 is 40.0. The molecule has 9 heteroatoms. The molecular weight excluding hydrogens is 405 g/mol. The number of carbonyl (C=O) groups excluding carboxylic acids is 1. The van der Waals surface area contributed by atoms with Crippen LogP contribution in [0, 0.1) is 11.7 Å². The van der Waals surface area contributed by atoms with Crippen LogP contribution >= 0.6 is 12.4 Å². The number of amides is 1. The van der Waals surface area contributed by atoms with Crippen molar-refractivity contribution in [1.82, 2.24) is 10.2 Å². The van der Waals surface area contributed by atoms with E-state index in [9.17, 15) is 17.6 Å². The Balaban J connectivity index is 0.00000280. The fraction of sp³-hybridized carbons (Fsp3) is 0.316. The lowest BCUT2D eigenvalue weighted by molar-refractivity contribution is 0.0787. The molecular formula is C19H23ClFN3O3S. The van der Waals surface area contributed by atoms with Crippen LogP contribution in [0.4, 0.5) is 10.1 Å². The van der Waals surface area contributed by atoms with Gasteiger partial charge >= 0.3 is 0 Å². The molecule has 1 saturated heterocycles. The maximum atomic E-state index is 13.0. The van der Waals surface area contributed by atoms with Crippen molar-refractivity contribution in [1.29, 1.82) is 0 Å². The van der Waals surface area contributed by atoms with Crippen molar-refractivity contribution in [2.45, 2.75) is 11.3 Å². The second-order valence-corrected chi connectivity index (χ2v) is 8.28. The molecule has 1 amide bonds. The highest BCUT2D eigenvalue weighted by molar-refractivity contribution is 7.92. The number of anilines is 1. The number of nitrogens with one attached hydrogen (secondary N) is 2. The van der Waals surface area contributed by atoms with E-state index in [0.29, 0.717) is 17.2 Å². The van der Waals surface area contributed by atoms with Crippen molar-refractivity contribution < 1.29 is 17.6 Å². The summed E-state index contributed by atoms with van der Waals surface area (Å²) in [5.74, 6) is -0.0991. The molecule has 6 nitrogen and oxygen atoms in total. The molecule has 28 heavy (non-hydrogen) atoms. The molecule has 1 unspecified atom stereocenters. The third kappa shape index (κ3) is 5.21. The van der Waals surface area contributed by atoms with Gasteiger partial charge in [0.15, 0.2) is 0 Å². The van der Waals surface area contributed by atoms with Gasteiger partial charge < -0.3 is 10.2 Å². The number of likely N-dealkylation sites (tertiary alicyclic amines) is 1. The van der Waals surface area contributed by atoms with Crippen LogP contribution in [0.2, 0.25) is 0 Å². The van der Waals surface area contributed by atoms with Gasteiger partial charge in [0.05, 0.1) is 4.90 Å². The molecule has 2 aromatic rings. The molecule has 0 radical (unpaired) electrons. The van der Waals surface area contributed by atoms with E-state index in [1.54, 1.807) is 24.3 Å². The summed E-state index contributed by atoms with van der Waals surface area (Å²) in [4.78, 5) is 14.4. The standard InChI is InChI=1S/C19H22FN3O3S.ClH/c1-21-12-14-10-11-23(13-14)19(24)15-2-6-17(7-3-15)22-27(25,26)18-8-4-16(20)5-9-18;/h2-9,14,21-22H,10-13H2,1H3;1H. The van der Waals surface area contributed by atoms with E-state index in [1.165, 1.54) is 12.1 Å². The van der Waals surface area contributed by atoms with E-state index in [4.69, 9.17) is 0 Å². The smallest absolute Gasteiger partial charge is 0.261 e. The van der Waals surface area contributed by atoms with Crippen molar-refractivity contribution >= 4 is 34.0 Å². The van der Waals surface area contributed by atoms with Crippen molar-refractivity contribution in [3.05, 3.63) is 59.9 Å². The van der Waals surface area contributed by atoms with Gasteiger partial charge in [-0.2, -0.15) is 0 Å². The molecule has 1 aliphatic heterocycles. The van der Waals surface area contributed by atoms with Gasteiger partial charge in [-0.05, 0) is 74.5 Å². The van der Waals surface area contributed by atoms with Gasteiger partial charge in [-0.3, -0.25) is 9.52 Å². The number of benzene rings is 2. The van der Waals surface area contributed by atoms with Crippen LogP contribution in [-0.2, 0) is 10.0 Å². The van der Waals surface area contributed by atoms with E-state index in [1.807, 2.05) is 11.9 Å². The molecule has 1 atom stereocenters. The van der Waals surface area contributed by atoms with Crippen molar-refractivity contribution in [3.8, 4) is 0 Å². The van der Waals surface area contributed by atoms with Gasteiger partial charge in [0, 0.05) is 24.3 Å². The zero-order chi connectivity index (χ0) is 19.4. The zero-order valence-electron chi connectivity index (χ0n) is 15.4. The fourth-order valence-corrected chi connectivity index (χ4v) is 4.22. The summed E-state index contributed by atoms with van der Waals surface area (Å²) in [6, 6.07) is 10.9. The molecule has 1 aliphatic rings. The number of hydrogen-bond acceptors (Lipinski definition) is 4. The lowest BCUT2D eigenvalue weighted by Gasteiger charge is -2.17. The minimum Gasteiger partial charge on any atom is -0.338 e. The van der Waals surface area contributed by atoms with E-state index in [-0.39, 0.29) is 23.2 Å². The van der Waals surface area contributed by atoms with Crippen LogP contribution in [0.15, 0.2) is 53.4 Å². The molecule has 1 heterocycles. The van der Waals surface area contributed by atoms with Crippen molar-refractivity contribution in [2.75, 3.05) is 31.4 Å². The summed E-state index contributed by atoms with van der Waals surface area (Å²) >= 11 is 0. The highest BCUT2D eigenvalue weighted by atomic mass is 35.5. The van der Waals surface area contributed by atoms with Crippen molar-refractivity contribution in [2.24, 2.45) is 5.92 Å². The van der Waals surface area contributed by atoms with Crippen LogP contribution in [-0.4, -0.2) is 45.9 Å². The Morgan fingerprint density at radius 3 is 2.39 bits per heavy atom. The average molecular weight is 428 g/mol. The van der Waals surface area contributed by atoms with Crippen LogP contribution in [0.25, 0.3) is 0 Å². The SMILES string of the molecule is CNCC1CCN(C(=O)c2ccc(NS(=O)(=O)c3ccc(F)cc3)cc2)C1.Cl. The number of sulfonamides is 1. The summed E-state index contributed by atoms with van der Waals surface area (Å²) in [5.41, 5.74) is 0.857. The normalized spacial score (nSPS) is 16.5. The second-order valence-electron chi connectivity index (χ2n) is 6.60. The molecule has 3 rings (SSSR count). The highest BCUT2D eigenvalue weighted by Crippen LogP contribution is 2.21. The summed E-state index contributed by atoms with van der Waals surface area (Å²) in [6.45, 7) is 2.33.